The SMILES string of the molecule is Cl.Cl.Clc1cccnc1NCC1CCNCC1. The van der Waals surface area contributed by atoms with Gasteiger partial charge in [0.05, 0.1) is 5.02 Å². The average Bonchev–Trinajstić information content (AvgIpc) is 2.29. The van der Waals surface area contributed by atoms with Gasteiger partial charge in [-0.3, -0.25) is 0 Å². The molecule has 0 unspecified atom stereocenters. The number of aromatic nitrogens is 1. The Hall–Kier alpha value is -0.220. The van der Waals surface area contributed by atoms with Crippen LogP contribution in [0, 0.1) is 5.92 Å². The number of rotatable bonds is 3. The van der Waals surface area contributed by atoms with Crippen molar-refractivity contribution in [2.75, 3.05) is 25.0 Å². The lowest BCUT2D eigenvalue weighted by atomic mass is 9.98. The third kappa shape index (κ3) is 5.30. The number of nitrogens with one attached hydrogen (secondary N) is 2. The highest BCUT2D eigenvalue weighted by atomic mass is 35.5. The second-order valence-electron chi connectivity index (χ2n) is 3.91. The van der Waals surface area contributed by atoms with E-state index in [9.17, 15) is 0 Å². The van der Waals surface area contributed by atoms with Crippen molar-refractivity contribution in [2.24, 2.45) is 5.92 Å². The predicted octanol–water partition coefficient (Wildman–Crippen LogP) is 2.99. The summed E-state index contributed by atoms with van der Waals surface area (Å²) >= 11 is 6.00. The van der Waals surface area contributed by atoms with Gasteiger partial charge in [-0.1, -0.05) is 11.6 Å². The van der Waals surface area contributed by atoms with Crippen molar-refractivity contribution in [1.29, 1.82) is 0 Å². The summed E-state index contributed by atoms with van der Waals surface area (Å²) in [7, 11) is 0. The van der Waals surface area contributed by atoms with Crippen LogP contribution >= 0.6 is 36.4 Å². The van der Waals surface area contributed by atoms with Crippen LogP contribution in [0.2, 0.25) is 5.02 Å². The first-order valence-corrected chi connectivity index (χ1v) is 5.79. The summed E-state index contributed by atoms with van der Waals surface area (Å²) in [5.41, 5.74) is 0. The van der Waals surface area contributed by atoms with Crippen LogP contribution in [0.4, 0.5) is 5.82 Å². The van der Waals surface area contributed by atoms with E-state index in [0.29, 0.717) is 5.02 Å². The third-order valence-corrected chi connectivity index (χ3v) is 3.08. The van der Waals surface area contributed by atoms with Crippen molar-refractivity contribution in [1.82, 2.24) is 10.3 Å². The van der Waals surface area contributed by atoms with Gasteiger partial charge in [-0.15, -0.1) is 24.8 Å². The third-order valence-electron chi connectivity index (χ3n) is 2.78. The maximum atomic E-state index is 6.00. The molecule has 2 heterocycles. The molecule has 0 aromatic carbocycles. The van der Waals surface area contributed by atoms with E-state index in [4.69, 9.17) is 11.6 Å². The molecule has 0 radical (unpaired) electrons. The number of piperidine rings is 1. The second-order valence-corrected chi connectivity index (χ2v) is 4.32. The summed E-state index contributed by atoms with van der Waals surface area (Å²) in [4.78, 5) is 4.20. The Morgan fingerprint density at radius 3 is 2.71 bits per heavy atom. The molecule has 1 aliphatic rings. The zero-order valence-corrected chi connectivity index (χ0v) is 11.9. The van der Waals surface area contributed by atoms with Gasteiger partial charge >= 0.3 is 0 Å². The molecular weight excluding hydrogens is 281 g/mol. The Bertz CT molecular complexity index is 317. The monoisotopic (exact) mass is 297 g/mol. The van der Waals surface area contributed by atoms with Crippen LogP contribution in [-0.2, 0) is 0 Å². The molecule has 0 spiro atoms. The Morgan fingerprint density at radius 2 is 2.06 bits per heavy atom. The van der Waals surface area contributed by atoms with Gasteiger partial charge in [0, 0.05) is 12.7 Å². The number of pyridine rings is 1. The molecule has 3 nitrogen and oxygen atoms in total. The normalized spacial score (nSPS) is 15.6. The van der Waals surface area contributed by atoms with Crippen LogP contribution < -0.4 is 10.6 Å². The Kier molecular flexibility index (Phi) is 8.70. The van der Waals surface area contributed by atoms with Crippen molar-refractivity contribution in [2.45, 2.75) is 12.8 Å². The van der Waals surface area contributed by atoms with Crippen molar-refractivity contribution in [3.63, 3.8) is 0 Å². The Balaban J connectivity index is 0.00000128. The predicted molar refractivity (Wildman–Crippen MR) is 77.8 cm³/mol. The van der Waals surface area contributed by atoms with E-state index in [1.165, 1.54) is 12.8 Å². The molecule has 1 aromatic heterocycles. The highest BCUT2D eigenvalue weighted by molar-refractivity contribution is 6.32. The van der Waals surface area contributed by atoms with Crippen molar-refractivity contribution in [3.05, 3.63) is 23.4 Å². The molecule has 1 saturated heterocycles. The van der Waals surface area contributed by atoms with Crippen LogP contribution in [0.25, 0.3) is 0 Å². The van der Waals surface area contributed by atoms with Crippen LogP contribution in [0.3, 0.4) is 0 Å². The summed E-state index contributed by atoms with van der Waals surface area (Å²) in [6.45, 7) is 3.23. The Morgan fingerprint density at radius 1 is 1.35 bits per heavy atom. The van der Waals surface area contributed by atoms with E-state index in [0.717, 1.165) is 31.4 Å². The van der Waals surface area contributed by atoms with E-state index in [1.54, 1.807) is 6.20 Å². The van der Waals surface area contributed by atoms with Crippen LogP contribution in [0.5, 0.6) is 0 Å². The fourth-order valence-corrected chi connectivity index (χ4v) is 2.03. The lowest BCUT2D eigenvalue weighted by Crippen LogP contribution is -2.31. The summed E-state index contributed by atoms with van der Waals surface area (Å²) in [5, 5.41) is 7.37. The van der Waals surface area contributed by atoms with E-state index in [-0.39, 0.29) is 24.8 Å². The van der Waals surface area contributed by atoms with E-state index < -0.39 is 0 Å². The first-order chi connectivity index (χ1) is 7.36. The highest BCUT2D eigenvalue weighted by Gasteiger charge is 2.12. The molecule has 0 bridgehead atoms. The first-order valence-electron chi connectivity index (χ1n) is 5.41. The molecule has 2 N–H and O–H groups in total. The second kappa shape index (κ2) is 8.81. The molecule has 6 heteroatoms. The van der Waals surface area contributed by atoms with Crippen LogP contribution in [0.15, 0.2) is 18.3 Å². The van der Waals surface area contributed by atoms with E-state index in [1.807, 2.05) is 12.1 Å². The number of halogens is 3. The largest absolute Gasteiger partial charge is 0.369 e. The van der Waals surface area contributed by atoms with Gasteiger partial charge in [-0.05, 0) is 44.0 Å². The number of anilines is 1. The number of hydrogen-bond donors (Lipinski definition) is 2. The molecule has 1 aliphatic heterocycles. The van der Waals surface area contributed by atoms with E-state index in [2.05, 4.69) is 15.6 Å². The maximum Gasteiger partial charge on any atom is 0.144 e. The smallest absolute Gasteiger partial charge is 0.144 e. The van der Waals surface area contributed by atoms with Crippen molar-refractivity contribution in [3.8, 4) is 0 Å². The summed E-state index contributed by atoms with van der Waals surface area (Å²) in [5.74, 6) is 1.54. The molecular formula is C11H18Cl3N3. The first kappa shape index (κ1) is 16.8. The van der Waals surface area contributed by atoms with Gasteiger partial charge in [-0.25, -0.2) is 4.98 Å². The lowest BCUT2D eigenvalue weighted by molar-refractivity contribution is 0.389. The van der Waals surface area contributed by atoms with Crippen molar-refractivity contribution < 1.29 is 0 Å². The molecule has 2 rings (SSSR count). The molecule has 17 heavy (non-hydrogen) atoms. The van der Waals surface area contributed by atoms with Crippen LogP contribution in [-0.4, -0.2) is 24.6 Å². The molecule has 0 amide bonds. The molecule has 0 atom stereocenters. The van der Waals surface area contributed by atoms with Gasteiger partial charge in [0.1, 0.15) is 5.82 Å². The van der Waals surface area contributed by atoms with Gasteiger partial charge in [-0.2, -0.15) is 0 Å². The number of hydrogen-bond acceptors (Lipinski definition) is 3. The number of nitrogens with zero attached hydrogens (tertiary/aromatic N) is 1. The molecule has 1 aromatic rings. The van der Waals surface area contributed by atoms with Gasteiger partial charge in [0.2, 0.25) is 0 Å². The van der Waals surface area contributed by atoms with Crippen molar-refractivity contribution >= 4 is 42.2 Å². The maximum absolute atomic E-state index is 6.00. The summed E-state index contributed by atoms with van der Waals surface area (Å²) < 4.78 is 0. The molecule has 0 aliphatic carbocycles. The summed E-state index contributed by atoms with van der Waals surface area (Å²) in [6, 6.07) is 3.71. The molecule has 98 valence electrons. The van der Waals surface area contributed by atoms with Gasteiger partial charge in [0.15, 0.2) is 0 Å². The lowest BCUT2D eigenvalue weighted by Gasteiger charge is -2.23. The highest BCUT2D eigenvalue weighted by Crippen LogP contribution is 2.19. The van der Waals surface area contributed by atoms with Gasteiger partial charge in [0.25, 0.3) is 0 Å². The molecule has 0 saturated carbocycles. The standard InChI is InChI=1S/C11H16ClN3.2ClH/c12-10-2-1-5-14-11(10)15-8-9-3-6-13-7-4-9;;/h1-2,5,9,13H,3-4,6-8H2,(H,14,15);2*1H. The van der Waals surface area contributed by atoms with Crippen LogP contribution in [0.1, 0.15) is 12.8 Å². The summed E-state index contributed by atoms with van der Waals surface area (Å²) in [6.07, 6.45) is 4.23. The average molecular weight is 299 g/mol. The fourth-order valence-electron chi connectivity index (χ4n) is 1.84. The zero-order chi connectivity index (χ0) is 10.5. The zero-order valence-electron chi connectivity index (χ0n) is 9.49. The quantitative estimate of drug-likeness (QED) is 0.901. The Labute approximate surface area is 120 Å². The van der Waals surface area contributed by atoms with E-state index >= 15 is 0 Å². The minimum absolute atomic E-state index is 0. The minimum atomic E-state index is 0. The topological polar surface area (TPSA) is 37.0 Å². The molecule has 1 fully saturated rings. The fraction of sp³-hybridized carbons (Fsp3) is 0.545. The minimum Gasteiger partial charge on any atom is -0.369 e. The van der Waals surface area contributed by atoms with Gasteiger partial charge < -0.3 is 10.6 Å².